The van der Waals surface area contributed by atoms with Gasteiger partial charge in [0.2, 0.25) is 0 Å². The zero-order chi connectivity index (χ0) is 16.1. The van der Waals surface area contributed by atoms with Crippen molar-refractivity contribution in [1.29, 1.82) is 0 Å². The number of aromatic nitrogens is 1. The molecule has 1 aliphatic rings. The number of rotatable bonds is 4. The van der Waals surface area contributed by atoms with E-state index in [1.165, 1.54) is 0 Å². The molecule has 23 heavy (non-hydrogen) atoms. The fourth-order valence-electron chi connectivity index (χ4n) is 2.50. The summed E-state index contributed by atoms with van der Waals surface area (Å²) in [6.45, 7) is 2.82. The second kappa shape index (κ2) is 7.48. The van der Waals surface area contributed by atoms with Gasteiger partial charge >= 0.3 is 0 Å². The summed E-state index contributed by atoms with van der Waals surface area (Å²) in [7, 11) is 0. The summed E-state index contributed by atoms with van der Waals surface area (Å²) in [6, 6.07) is 11.4. The van der Waals surface area contributed by atoms with Gasteiger partial charge in [-0.05, 0) is 36.6 Å². The van der Waals surface area contributed by atoms with Crippen LogP contribution < -0.4 is 10.2 Å². The summed E-state index contributed by atoms with van der Waals surface area (Å²) >= 11 is 1.65. The minimum atomic E-state index is -0.141. The molecule has 1 aromatic carbocycles. The van der Waals surface area contributed by atoms with Gasteiger partial charge in [-0.2, -0.15) is 0 Å². The third-order valence-electron chi connectivity index (χ3n) is 3.67. The highest BCUT2D eigenvalue weighted by atomic mass is 32.2. The summed E-state index contributed by atoms with van der Waals surface area (Å²) in [5, 5.41) is 2.96. The second-order valence-corrected chi connectivity index (χ2v) is 6.04. The van der Waals surface area contributed by atoms with E-state index in [2.05, 4.69) is 15.2 Å². The molecule has 0 saturated carbocycles. The lowest BCUT2D eigenvalue weighted by Crippen LogP contribution is -2.38. The summed E-state index contributed by atoms with van der Waals surface area (Å²) < 4.78 is 5.37. The first-order valence-electron chi connectivity index (χ1n) is 7.51. The van der Waals surface area contributed by atoms with E-state index < -0.39 is 0 Å². The molecule has 2 aromatic rings. The van der Waals surface area contributed by atoms with E-state index in [9.17, 15) is 4.79 Å². The smallest absolute Gasteiger partial charge is 0.259 e. The average Bonchev–Trinajstić information content (AvgIpc) is 2.62. The number of anilines is 2. The number of morpholine rings is 1. The van der Waals surface area contributed by atoms with Crippen molar-refractivity contribution in [1.82, 2.24) is 4.98 Å². The van der Waals surface area contributed by atoms with E-state index in [0.717, 1.165) is 23.7 Å². The van der Waals surface area contributed by atoms with Crippen molar-refractivity contribution in [2.24, 2.45) is 0 Å². The number of carbonyl (C=O) groups excluding carboxylic acids is 1. The molecule has 0 radical (unpaired) electrons. The first kappa shape index (κ1) is 15.8. The molecular weight excluding hydrogens is 310 g/mol. The third-order valence-corrected chi connectivity index (χ3v) is 4.39. The normalized spacial score (nSPS) is 14.6. The Kier molecular flexibility index (Phi) is 5.15. The fraction of sp³-hybridized carbons (Fsp3) is 0.294. The summed E-state index contributed by atoms with van der Waals surface area (Å²) in [4.78, 5) is 20.3. The maximum atomic E-state index is 12.7. The van der Waals surface area contributed by atoms with Crippen molar-refractivity contribution < 1.29 is 9.53 Å². The molecule has 120 valence electrons. The van der Waals surface area contributed by atoms with Gasteiger partial charge in [0.25, 0.3) is 5.91 Å². The zero-order valence-electron chi connectivity index (χ0n) is 13.0. The Morgan fingerprint density at radius 1 is 1.26 bits per heavy atom. The van der Waals surface area contributed by atoms with Crippen LogP contribution in [-0.4, -0.2) is 43.5 Å². The lowest BCUT2D eigenvalue weighted by atomic mass is 10.2. The Labute approximate surface area is 140 Å². The number of amides is 1. The van der Waals surface area contributed by atoms with Gasteiger partial charge in [0, 0.05) is 29.9 Å². The SMILES string of the molecule is CSc1cccc(NC(=O)c2cccnc2N2CCOCC2)c1. The number of thioether (sulfide) groups is 1. The van der Waals surface area contributed by atoms with Gasteiger partial charge in [-0.25, -0.2) is 4.98 Å². The predicted octanol–water partition coefficient (Wildman–Crippen LogP) is 2.89. The molecule has 0 atom stereocenters. The number of pyridine rings is 1. The van der Waals surface area contributed by atoms with Crippen molar-refractivity contribution in [3.8, 4) is 0 Å². The van der Waals surface area contributed by atoms with Crippen LogP contribution in [0.15, 0.2) is 47.5 Å². The highest BCUT2D eigenvalue weighted by molar-refractivity contribution is 7.98. The lowest BCUT2D eigenvalue weighted by molar-refractivity contribution is 0.102. The molecular formula is C17H19N3O2S. The van der Waals surface area contributed by atoms with E-state index in [4.69, 9.17) is 4.74 Å². The van der Waals surface area contributed by atoms with Crippen LogP contribution >= 0.6 is 11.8 Å². The molecule has 0 aliphatic carbocycles. The second-order valence-electron chi connectivity index (χ2n) is 5.16. The molecule has 1 amide bonds. The van der Waals surface area contributed by atoms with Gasteiger partial charge in [0.15, 0.2) is 0 Å². The molecule has 1 fully saturated rings. The van der Waals surface area contributed by atoms with Crippen molar-refractivity contribution in [2.75, 3.05) is 42.8 Å². The topological polar surface area (TPSA) is 54.5 Å². The number of benzene rings is 1. The van der Waals surface area contributed by atoms with E-state index in [0.29, 0.717) is 24.6 Å². The van der Waals surface area contributed by atoms with E-state index >= 15 is 0 Å². The summed E-state index contributed by atoms with van der Waals surface area (Å²) in [5.41, 5.74) is 1.38. The number of nitrogens with zero attached hydrogens (tertiary/aromatic N) is 2. The Morgan fingerprint density at radius 2 is 2.09 bits per heavy atom. The number of carbonyl (C=O) groups is 1. The Morgan fingerprint density at radius 3 is 2.87 bits per heavy atom. The van der Waals surface area contributed by atoms with Gasteiger partial charge in [0.05, 0.1) is 18.8 Å². The third kappa shape index (κ3) is 3.83. The van der Waals surface area contributed by atoms with Crippen LogP contribution in [0.5, 0.6) is 0 Å². The largest absolute Gasteiger partial charge is 0.378 e. The van der Waals surface area contributed by atoms with Crippen molar-refractivity contribution in [3.63, 3.8) is 0 Å². The average molecular weight is 329 g/mol. The van der Waals surface area contributed by atoms with Gasteiger partial charge in [-0.15, -0.1) is 11.8 Å². The molecule has 0 unspecified atom stereocenters. The van der Waals surface area contributed by atoms with Crippen LogP contribution in [0.3, 0.4) is 0 Å². The van der Waals surface area contributed by atoms with Crippen molar-refractivity contribution in [3.05, 3.63) is 48.2 Å². The monoisotopic (exact) mass is 329 g/mol. The molecule has 0 spiro atoms. The Bertz CT molecular complexity index is 687. The van der Waals surface area contributed by atoms with Gasteiger partial charge in [-0.3, -0.25) is 4.79 Å². The van der Waals surface area contributed by atoms with Crippen molar-refractivity contribution in [2.45, 2.75) is 4.90 Å². The molecule has 0 bridgehead atoms. The lowest BCUT2D eigenvalue weighted by Gasteiger charge is -2.29. The van der Waals surface area contributed by atoms with Crippen LogP contribution in [0.1, 0.15) is 10.4 Å². The van der Waals surface area contributed by atoms with Gasteiger partial charge < -0.3 is 15.0 Å². The summed E-state index contributed by atoms with van der Waals surface area (Å²) in [6.07, 6.45) is 3.73. The standard InChI is InChI=1S/C17H19N3O2S/c1-23-14-5-2-4-13(12-14)19-17(21)15-6-3-7-18-16(15)20-8-10-22-11-9-20/h2-7,12H,8-11H2,1H3,(H,19,21). The number of hydrogen-bond donors (Lipinski definition) is 1. The predicted molar refractivity (Wildman–Crippen MR) is 93.4 cm³/mol. The molecule has 1 N–H and O–H groups in total. The minimum Gasteiger partial charge on any atom is -0.378 e. The van der Waals surface area contributed by atoms with E-state index in [1.807, 2.05) is 36.6 Å². The van der Waals surface area contributed by atoms with Crippen LogP contribution in [-0.2, 0) is 4.74 Å². The summed E-state index contributed by atoms with van der Waals surface area (Å²) in [5.74, 6) is 0.576. The van der Waals surface area contributed by atoms with E-state index in [-0.39, 0.29) is 5.91 Å². The van der Waals surface area contributed by atoms with Crippen LogP contribution in [0.2, 0.25) is 0 Å². The molecule has 1 aromatic heterocycles. The van der Waals surface area contributed by atoms with Crippen LogP contribution in [0.25, 0.3) is 0 Å². The first-order valence-corrected chi connectivity index (χ1v) is 8.73. The zero-order valence-corrected chi connectivity index (χ0v) is 13.8. The number of hydrogen-bond acceptors (Lipinski definition) is 5. The molecule has 2 heterocycles. The van der Waals surface area contributed by atoms with E-state index in [1.54, 1.807) is 24.0 Å². The van der Waals surface area contributed by atoms with Gasteiger partial charge in [0.1, 0.15) is 5.82 Å². The van der Waals surface area contributed by atoms with Crippen molar-refractivity contribution >= 4 is 29.2 Å². The molecule has 5 nitrogen and oxygen atoms in total. The molecule has 6 heteroatoms. The number of nitrogens with one attached hydrogen (secondary N) is 1. The maximum Gasteiger partial charge on any atom is 0.259 e. The Hall–Kier alpha value is -2.05. The van der Waals surface area contributed by atoms with Crippen LogP contribution in [0.4, 0.5) is 11.5 Å². The first-order chi connectivity index (χ1) is 11.3. The number of ether oxygens (including phenoxy) is 1. The molecule has 1 saturated heterocycles. The maximum absolute atomic E-state index is 12.7. The van der Waals surface area contributed by atoms with Gasteiger partial charge in [-0.1, -0.05) is 6.07 Å². The highest BCUT2D eigenvalue weighted by Gasteiger charge is 2.19. The molecule has 3 rings (SSSR count). The minimum absolute atomic E-state index is 0.141. The Balaban J connectivity index is 1.81. The quantitative estimate of drug-likeness (QED) is 0.874. The highest BCUT2D eigenvalue weighted by Crippen LogP contribution is 2.22. The fourth-order valence-corrected chi connectivity index (χ4v) is 2.96. The van der Waals surface area contributed by atoms with Crippen LogP contribution in [0, 0.1) is 0 Å². The molecule has 1 aliphatic heterocycles.